The fourth-order valence-corrected chi connectivity index (χ4v) is 2.87. The summed E-state index contributed by atoms with van der Waals surface area (Å²) in [5, 5.41) is 8.58. The highest BCUT2D eigenvalue weighted by Crippen LogP contribution is 2.21. The lowest BCUT2D eigenvalue weighted by molar-refractivity contribution is -0.133. The van der Waals surface area contributed by atoms with Gasteiger partial charge in [0.05, 0.1) is 24.7 Å². The molecule has 0 saturated carbocycles. The maximum absolute atomic E-state index is 10.4. The average molecular weight is 361 g/mol. The summed E-state index contributed by atoms with van der Waals surface area (Å²) in [4.78, 5) is 15.0. The minimum Gasteiger partial charge on any atom is -0.481 e. The zero-order valence-electron chi connectivity index (χ0n) is 14.5. The molecule has 134 valence electrons. The first-order valence-corrected chi connectivity index (χ1v) is 9.26. The number of oxazole rings is 1. The van der Waals surface area contributed by atoms with Crippen molar-refractivity contribution in [3.8, 4) is 11.5 Å². The minimum absolute atomic E-state index is 0.125. The Hall–Kier alpha value is -2.05. The number of carboxylic acid groups (broad SMARTS) is 1. The van der Waals surface area contributed by atoms with Gasteiger partial charge in [-0.15, -0.1) is 11.8 Å². The van der Waals surface area contributed by atoms with E-state index in [0.29, 0.717) is 31.3 Å². The van der Waals surface area contributed by atoms with E-state index in [1.165, 1.54) is 11.8 Å². The number of thioether (sulfide) groups is 1. The van der Waals surface area contributed by atoms with Crippen molar-refractivity contribution in [3.05, 3.63) is 53.4 Å². The quantitative estimate of drug-likeness (QED) is 0.510. The van der Waals surface area contributed by atoms with Crippen LogP contribution in [0, 0.1) is 6.92 Å². The Balaban J connectivity index is 1.74. The van der Waals surface area contributed by atoms with Crippen LogP contribution in [0.15, 0.2) is 46.4 Å². The summed E-state index contributed by atoms with van der Waals surface area (Å²) in [5.41, 5.74) is 2.98. The highest BCUT2D eigenvalue weighted by Gasteiger charge is 2.10. The number of hydrogen-bond acceptors (Lipinski definition) is 5. The van der Waals surface area contributed by atoms with Crippen LogP contribution < -0.4 is 0 Å². The van der Waals surface area contributed by atoms with Gasteiger partial charge in [0.25, 0.3) is 0 Å². The molecule has 2 rings (SSSR count). The molecule has 0 aliphatic carbocycles. The zero-order valence-corrected chi connectivity index (χ0v) is 15.3. The van der Waals surface area contributed by atoms with Crippen molar-refractivity contribution in [1.29, 1.82) is 0 Å². The molecule has 25 heavy (non-hydrogen) atoms. The van der Waals surface area contributed by atoms with Crippen molar-refractivity contribution < 1.29 is 19.1 Å². The third-order valence-electron chi connectivity index (χ3n) is 3.50. The van der Waals surface area contributed by atoms with Crippen LogP contribution in [-0.4, -0.2) is 40.8 Å². The number of nitrogens with zero attached hydrogens (tertiary/aromatic N) is 1. The predicted molar refractivity (Wildman–Crippen MR) is 99.9 cm³/mol. The Labute approximate surface area is 152 Å². The number of ether oxygens (including phenoxy) is 1. The van der Waals surface area contributed by atoms with E-state index < -0.39 is 5.97 Å². The van der Waals surface area contributed by atoms with Crippen LogP contribution in [-0.2, 0) is 16.0 Å². The van der Waals surface area contributed by atoms with Crippen molar-refractivity contribution in [2.75, 3.05) is 24.7 Å². The number of carbonyl (C=O) groups is 1. The molecule has 0 bridgehead atoms. The first-order valence-electron chi connectivity index (χ1n) is 8.11. The van der Waals surface area contributed by atoms with Crippen molar-refractivity contribution in [3.63, 3.8) is 0 Å². The van der Waals surface area contributed by atoms with E-state index in [9.17, 15) is 4.79 Å². The van der Waals surface area contributed by atoms with Gasteiger partial charge in [-0.05, 0) is 26.0 Å². The minimum atomic E-state index is -0.787. The van der Waals surface area contributed by atoms with E-state index in [1.54, 1.807) is 0 Å². The molecule has 0 aliphatic rings. The number of aromatic nitrogens is 1. The van der Waals surface area contributed by atoms with E-state index in [1.807, 2.05) is 50.3 Å². The Kier molecular flexibility index (Phi) is 7.76. The number of hydrogen-bond donors (Lipinski definition) is 1. The molecule has 0 atom stereocenters. The maximum Gasteiger partial charge on any atom is 0.313 e. The molecule has 1 aromatic heterocycles. The zero-order chi connectivity index (χ0) is 18.1. The lowest BCUT2D eigenvalue weighted by Gasteiger charge is -2.04. The Morgan fingerprint density at radius 3 is 2.84 bits per heavy atom. The van der Waals surface area contributed by atoms with Gasteiger partial charge in [0.2, 0.25) is 5.89 Å². The number of aliphatic carboxylic acids is 1. The van der Waals surface area contributed by atoms with E-state index >= 15 is 0 Å². The van der Waals surface area contributed by atoms with Crippen LogP contribution in [0.1, 0.15) is 18.4 Å². The summed E-state index contributed by atoms with van der Waals surface area (Å²) in [7, 11) is 0. The van der Waals surface area contributed by atoms with Crippen LogP contribution in [0.4, 0.5) is 0 Å². The molecule has 1 aromatic carbocycles. The van der Waals surface area contributed by atoms with E-state index in [4.69, 9.17) is 14.3 Å². The van der Waals surface area contributed by atoms with Gasteiger partial charge in [-0.25, -0.2) is 4.98 Å². The van der Waals surface area contributed by atoms with Gasteiger partial charge < -0.3 is 14.3 Å². The van der Waals surface area contributed by atoms with Crippen LogP contribution in [0.25, 0.3) is 11.5 Å². The summed E-state index contributed by atoms with van der Waals surface area (Å²) in [6, 6.07) is 9.83. The summed E-state index contributed by atoms with van der Waals surface area (Å²) >= 11 is 1.37. The maximum atomic E-state index is 10.4. The highest BCUT2D eigenvalue weighted by atomic mass is 32.2. The molecule has 1 heterocycles. The fourth-order valence-electron chi connectivity index (χ4n) is 2.17. The molecular weight excluding hydrogens is 338 g/mol. The van der Waals surface area contributed by atoms with Gasteiger partial charge >= 0.3 is 5.97 Å². The van der Waals surface area contributed by atoms with Gasteiger partial charge in [0.1, 0.15) is 5.76 Å². The number of benzene rings is 1. The van der Waals surface area contributed by atoms with Crippen molar-refractivity contribution in [2.24, 2.45) is 0 Å². The van der Waals surface area contributed by atoms with Crippen LogP contribution in [0.3, 0.4) is 0 Å². The van der Waals surface area contributed by atoms with E-state index in [-0.39, 0.29) is 5.75 Å². The second-order valence-corrected chi connectivity index (χ2v) is 6.68. The fraction of sp³-hybridized carbons (Fsp3) is 0.368. The second-order valence-electron chi connectivity index (χ2n) is 5.65. The van der Waals surface area contributed by atoms with Crippen LogP contribution in [0.2, 0.25) is 0 Å². The molecule has 1 N–H and O–H groups in total. The van der Waals surface area contributed by atoms with Crippen LogP contribution >= 0.6 is 11.8 Å². The third-order valence-corrected chi connectivity index (χ3v) is 4.35. The summed E-state index contributed by atoms with van der Waals surface area (Å²) in [5.74, 6) is 1.48. The Morgan fingerprint density at radius 2 is 2.12 bits per heavy atom. The molecule has 0 unspecified atom stereocenters. The molecule has 0 saturated heterocycles. The van der Waals surface area contributed by atoms with E-state index in [2.05, 4.69) is 4.98 Å². The lowest BCUT2D eigenvalue weighted by Crippen LogP contribution is -2.03. The predicted octanol–water partition coefficient (Wildman–Crippen LogP) is 3.97. The normalized spacial score (nSPS) is 11.7. The topological polar surface area (TPSA) is 72.6 Å². The first-order chi connectivity index (χ1) is 12.1. The van der Waals surface area contributed by atoms with Crippen molar-refractivity contribution >= 4 is 17.7 Å². The molecule has 0 amide bonds. The highest BCUT2D eigenvalue weighted by molar-refractivity contribution is 8.00. The third kappa shape index (κ3) is 6.76. The molecule has 0 spiro atoms. The van der Waals surface area contributed by atoms with Gasteiger partial charge in [-0.1, -0.05) is 29.8 Å². The van der Waals surface area contributed by atoms with Gasteiger partial charge in [0.15, 0.2) is 0 Å². The molecular formula is C19H23NO4S. The molecule has 0 radical (unpaired) electrons. The monoisotopic (exact) mass is 361 g/mol. The van der Waals surface area contributed by atoms with Crippen molar-refractivity contribution in [1.82, 2.24) is 4.98 Å². The number of carboxylic acids is 1. The molecule has 0 aliphatic heterocycles. The van der Waals surface area contributed by atoms with Gasteiger partial charge in [0, 0.05) is 17.7 Å². The van der Waals surface area contributed by atoms with E-state index in [0.717, 1.165) is 22.6 Å². The second kappa shape index (κ2) is 10.1. The molecule has 0 fully saturated rings. The number of rotatable bonds is 10. The Morgan fingerprint density at radius 1 is 1.36 bits per heavy atom. The molecule has 5 nitrogen and oxygen atoms in total. The average Bonchev–Trinajstić information content (AvgIpc) is 2.97. The summed E-state index contributed by atoms with van der Waals surface area (Å²) in [6.45, 7) is 5.00. The molecule has 2 aromatic rings. The standard InChI is InChI=1S/C19H23NO4S/c1-14(9-11-25-13-18(21)22)12-23-10-8-17-15(2)24-19(20-17)16-6-4-3-5-7-16/h3-7,9H,8,10-13H2,1-2H3,(H,21,22)/b14-9+. The first kappa shape index (κ1) is 19.3. The summed E-state index contributed by atoms with van der Waals surface area (Å²) in [6.07, 6.45) is 2.70. The largest absolute Gasteiger partial charge is 0.481 e. The summed E-state index contributed by atoms with van der Waals surface area (Å²) < 4.78 is 11.4. The van der Waals surface area contributed by atoms with Gasteiger partial charge in [-0.2, -0.15) is 0 Å². The van der Waals surface area contributed by atoms with Crippen LogP contribution in [0.5, 0.6) is 0 Å². The molecule has 6 heteroatoms. The smallest absolute Gasteiger partial charge is 0.313 e. The van der Waals surface area contributed by atoms with Gasteiger partial charge in [-0.3, -0.25) is 4.79 Å². The SMILES string of the molecule is C/C(=C\CSCC(=O)O)COCCc1nc(-c2ccccc2)oc1C. The number of aryl methyl sites for hydroxylation is 1. The lowest BCUT2D eigenvalue weighted by atomic mass is 10.2. The Bertz CT molecular complexity index is 709. The van der Waals surface area contributed by atoms with Crippen molar-refractivity contribution in [2.45, 2.75) is 20.3 Å².